The highest BCUT2D eigenvalue weighted by atomic mass is 16.6. The molecule has 0 aliphatic rings. The lowest BCUT2D eigenvalue weighted by atomic mass is 10.1. The normalized spacial score (nSPS) is 9.61. The molecule has 0 aliphatic heterocycles. The Morgan fingerprint density at radius 3 is 2.67 bits per heavy atom. The minimum atomic E-state index is -0.804. The molecule has 8 heteroatoms. The lowest BCUT2D eigenvalue weighted by Crippen LogP contribution is -2.35. The van der Waals surface area contributed by atoms with Gasteiger partial charge in [-0.2, -0.15) is 0 Å². The van der Waals surface area contributed by atoms with E-state index >= 15 is 0 Å². The van der Waals surface area contributed by atoms with Crippen molar-refractivity contribution in [2.75, 3.05) is 13.6 Å². The number of likely N-dealkylation sites (N-methyl/N-ethyl adjacent to an activating group) is 1. The van der Waals surface area contributed by atoms with Crippen molar-refractivity contribution in [2.45, 2.75) is 0 Å². The summed E-state index contributed by atoms with van der Waals surface area (Å²) in [6.07, 6.45) is 0. The first-order valence-corrected chi connectivity index (χ1v) is 4.92. The molecule has 96 valence electrons. The second-order valence-corrected chi connectivity index (χ2v) is 3.31. The number of carbonyl (C=O) groups excluding carboxylic acids is 2. The van der Waals surface area contributed by atoms with Crippen LogP contribution in [-0.2, 0) is 4.79 Å². The molecule has 0 unspecified atom stereocenters. The number of phenols is 1. The molecular formula is C10H11N3O5. The van der Waals surface area contributed by atoms with Crippen molar-refractivity contribution in [3.05, 3.63) is 33.9 Å². The summed E-state index contributed by atoms with van der Waals surface area (Å²) in [5.41, 5.74) is -0.744. The number of aromatic hydroxyl groups is 1. The molecule has 8 nitrogen and oxygen atoms in total. The summed E-state index contributed by atoms with van der Waals surface area (Å²) in [7, 11) is 1.39. The van der Waals surface area contributed by atoms with Gasteiger partial charge in [0.1, 0.15) is 11.3 Å². The Labute approximate surface area is 102 Å². The number of hydrogen-bond donors (Lipinski definition) is 3. The van der Waals surface area contributed by atoms with E-state index < -0.39 is 22.4 Å². The monoisotopic (exact) mass is 253 g/mol. The van der Waals surface area contributed by atoms with E-state index in [2.05, 4.69) is 10.6 Å². The van der Waals surface area contributed by atoms with Crippen LogP contribution in [0, 0.1) is 10.1 Å². The lowest BCUT2D eigenvalue weighted by molar-refractivity contribution is -0.385. The number of benzene rings is 1. The second kappa shape index (κ2) is 5.62. The van der Waals surface area contributed by atoms with Gasteiger partial charge >= 0.3 is 0 Å². The van der Waals surface area contributed by atoms with E-state index in [1.165, 1.54) is 7.05 Å². The van der Waals surface area contributed by atoms with Crippen molar-refractivity contribution >= 4 is 17.5 Å². The zero-order chi connectivity index (χ0) is 13.7. The summed E-state index contributed by atoms with van der Waals surface area (Å²) in [6, 6.07) is 3.09. The maximum atomic E-state index is 11.6. The van der Waals surface area contributed by atoms with Gasteiger partial charge in [-0.05, 0) is 12.1 Å². The number of amides is 2. The van der Waals surface area contributed by atoms with E-state index in [0.29, 0.717) is 0 Å². The van der Waals surface area contributed by atoms with Gasteiger partial charge in [0.2, 0.25) is 5.91 Å². The van der Waals surface area contributed by atoms with Crippen LogP contribution in [0.25, 0.3) is 0 Å². The van der Waals surface area contributed by atoms with Gasteiger partial charge in [-0.1, -0.05) is 0 Å². The molecule has 1 rings (SSSR count). The molecule has 0 bridgehead atoms. The average molecular weight is 253 g/mol. The van der Waals surface area contributed by atoms with Gasteiger partial charge in [0, 0.05) is 13.1 Å². The smallest absolute Gasteiger partial charge is 0.282 e. The molecule has 0 aromatic heterocycles. The summed E-state index contributed by atoms with van der Waals surface area (Å²) in [5, 5.41) is 24.4. The highest BCUT2D eigenvalue weighted by molar-refractivity contribution is 6.00. The van der Waals surface area contributed by atoms with Crippen molar-refractivity contribution in [1.29, 1.82) is 0 Å². The first-order valence-electron chi connectivity index (χ1n) is 4.92. The third kappa shape index (κ3) is 3.17. The number of nitrogens with zero attached hydrogens (tertiary/aromatic N) is 1. The van der Waals surface area contributed by atoms with Crippen molar-refractivity contribution in [3.8, 4) is 5.75 Å². The second-order valence-electron chi connectivity index (χ2n) is 3.31. The molecule has 0 saturated heterocycles. The standard InChI is InChI=1S/C10H11N3O5/c1-11-9(15)5-12-10(16)7-4-6(14)2-3-8(7)13(17)18/h2-4,14H,5H2,1H3,(H,11,15)(H,12,16). The molecule has 3 N–H and O–H groups in total. The van der Waals surface area contributed by atoms with E-state index in [4.69, 9.17) is 0 Å². The highest BCUT2D eigenvalue weighted by Crippen LogP contribution is 2.22. The maximum absolute atomic E-state index is 11.6. The Morgan fingerprint density at radius 1 is 1.44 bits per heavy atom. The van der Waals surface area contributed by atoms with Gasteiger partial charge in [0.25, 0.3) is 11.6 Å². The number of nitro groups is 1. The first kappa shape index (κ1) is 13.4. The molecular weight excluding hydrogens is 242 g/mol. The molecule has 0 spiro atoms. The third-order valence-corrected chi connectivity index (χ3v) is 2.11. The predicted octanol–water partition coefficient (Wildman–Crippen LogP) is -0.224. The van der Waals surface area contributed by atoms with Crippen LogP contribution in [0.5, 0.6) is 5.75 Å². The number of hydrogen-bond acceptors (Lipinski definition) is 5. The Kier molecular flexibility index (Phi) is 4.19. The van der Waals surface area contributed by atoms with Gasteiger partial charge in [0.15, 0.2) is 0 Å². The van der Waals surface area contributed by atoms with Crippen LogP contribution < -0.4 is 10.6 Å². The van der Waals surface area contributed by atoms with Crippen LogP contribution in [0.2, 0.25) is 0 Å². The van der Waals surface area contributed by atoms with Crippen LogP contribution >= 0.6 is 0 Å². The highest BCUT2D eigenvalue weighted by Gasteiger charge is 2.20. The minimum Gasteiger partial charge on any atom is -0.508 e. The largest absolute Gasteiger partial charge is 0.508 e. The summed E-state index contributed by atoms with van der Waals surface area (Å²) in [4.78, 5) is 32.5. The number of carbonyl (C=O) groups is 2. The van der Waals surface area contributed by atoms with Crippen LogP contribution in [-0.4, -0.2) is 35.4 Å². The summed E-state index contributed by atoms with van der Waals surface area (Å²) >= 11 is 0. The fourth-order valence-corrected chi connectivity index (χ4v) is 1.21. The summed E-state index contributed by atoms with van der Waals surface area (Å²) in [6.45, 7) is -0.303. The molecule has 1 aromatic carbocycles. The number of phenolic OH excluding ortho intramolecular Hbond substituents is 1. The van der Waals surface area contributed by atoms with Gasteiger partial charge in [-0.25, -0.2) is 0 Å². The van der Waals surface area contributed by atoms with Crippen molar-refractivity contribution in [2.24, 2.45) is 0 Å². The average Bonchev–Trinajstić information content (AvgIpc) is 2.34. The Morgan fingerprint density at radius 2 is 2.11 bits per heavy atom. The number of nitrogens with one attached hydrogen (secondary N) is 2. The molecule has 18 heavy (non-hydrogen) atoms. The van der Waals surface area contributed by atoms with E-state index in [9.17, 15) is 24.8 Å². The van der Waals surface area contributed by atoms with E-state index in [0.717, 1.165) is 18.2 Å². The van der Waals surface area contributed by atoms with Gasteiger partial charge in [0.05, 0.1) is 11.5 Å². The van der Waals surface area contributed by atoms with Crippen LogP contribution in [0.4, 0.5) is 5.69 Å². The van der Waals surface area contributed by atoms with Crippen molar-refractivity contribution in [1.82, 2.24) is 10.6 Å². The summed E-state index contributed by atoms with van der Waals surface area (Å²) < 4.78 is 0. The molecule has 0 fully saturated rings. The molecule has 0 radical (unpaired) electrons. The zero-order valence-corrected chi connectivity index (χ0v) is 9.47. The minimum absolute atomic E-state index is 0.273. The van der Waals surface area contributed by atoms with Gasteiger partial charge in [-0.3, -0.25) is 19.7 Å². The van der Waals surface area contributed by atoms with Crippen molar-refractivity contribution < 1.29 is 19.6 Å². The van der Waals surface area contributed by atoms with Gasteiger partial charge in [-0.15, -0.1) is 0 Å². The molecule has 0 saturated carbocycles. The van der Waals surface area contributed by atoms with E-state index in [1.807, 2.05) is 0 Å². The molecule has 0 heterocycles. The zero-order valence-electron chi connectivity index (χ0n) is 9.47. The fraction of sp³-hybridized carbons (Fsp3) is 0.200. The van der Waals surface area contributed by atoms with E-state index in [1.54, 1.807) is 0 Å². The van der Waals surface area contributed by atoms with Crippen LogP contribution in [0.15, 0.2) is 18.2 Å². The van der Waals surface area contributed by atoms with Gasteiger partial charge < -0.3 is 15.7 Å². The van der Waals surface area contributed by atoms with Crippen molar-refractivity contribution in [3.63, 3.8) is 0 Å². The van der Waals surface area contributed by atoms with Crippen LogP contribution in [0.1, 0.15) is 10.4 Å². The quantitative estimate of drug-likeness (QED) is 0.505. The maximum Gasteiger partial charge on any atom is 0.282 e. The fourth-order valence-electron chi connectivity index (χ4n) is 1.21. The Balaban J connectivity index is 2.93. The molecule has 2 amide bonds. The molecule has 1 aromatic rings. The summed E-state index contributed by atoms with van der Waals surface area (Å²) in [5.74, 6) is -1.52. The topological polar surface area (TPSA) is 122 Å². The Bertz CT molecular complexity index is 500. The molecule has 0 aliphatic carbocycles. The number of rotatable bonds is 4. The molecule has 0 atom stereocenters. The Hall–Kier alpha value is -2.64. The number of nitro benzene ring substituents is 1. The lowest BCUT2D eigenvalue weighted by Gasteiger charge is -2.05. The van der Waals surface area contributed by atoms with Crippen LogP contribution in [0.3, 0.4) is 0 Å². The van der Waals surface area contributed by atoms with E-state index in [-0.39, 0.29) is 17.9 Å². The predicted molar refractivity (Wildman–Crippen MR) is 61.2 cm³/mol. The third-order valence-electron chi connectivity index (χ3n) is 2.11. The SMILES string of the molecule is CNC(=O)CNC(=O)c1cc(O)ccc1[N+](=O)[O-]. The first-order chi connectivity index (χ1) is 8.45.